The van der Waals surface area contributed by atoms with Gasteiger partial charge in [0, 0.05) is 25.7 Å². The Morgan fingerprint density at radius 2 is 2.06 bits per heavy atom. The summed E-state index contributed by atoms with van der Waals surface area (Å²) in [5.41, 5.74) is 5.12. The third-order valence-electron chi connectivity index (χ3n) is 6.50. The Hall–Kier alpha value is -2.53. The molecule has 1 saturated heterocycles. The summed E-state index contributed by atoms with van der Waals surface area (Å²) in [4.78, 5) is 36.1. The Morgan fingerprint density at radius 3 is 2.72 bits per heavy atom. The lowest BCUT2D eigenvalue weighted by Gasteiger charge is -2.38. The van der Waals surface area contributed by atoms with E-state index in [1.807, 2.05) is 11.9 Å². The number of nitrogens with one attached hydrogen (secondary N) is 2. The van der Waals surface area contributed by atoms with Crippen LogP contribution in [-0.2, 0) is 9.59 Å². The van der Waals surface area contributed by atoms with E-state index in [4.69, 9.17) is 0 Å². The summed E-state index contributed by atoms with van der Waals surface area (Å²) in [5, 5.41) is 10.1. The molecule has 0 radical (unpaired) electrons. The number of halogens is 1. The second kappa shape index (κ2) is 10.9. The number of amides is 2. The first-order chi connectivity index (χ1) is 15.3. The predicted octanol–water partition coefficient (Wildman–Crippen LogP) is 1.55. The molecular weight excluding hydrogens is 417 g/mol. The first-order valence-corrected chi connectivity index (χ1v) is 11.2. The van der Waals surface area contributed by atoms with Gasteiger partial charge in [0.25, 0.3) is 0 Å². The number of aryl methyl sites for hydroxylation is 1. The molecular formula is C21H34FN7O3. The third kappa shape index (κ3) is 6.04. The van der Waals surface area contributed by atoms with Crippen molar-refractivity contribution in [3.8, 4) is 0 Å². The SMILES string of the molecule is Cc1nc(NNC(=O)[C@@H](CC2CCCC2)CN(O)C=O)c(F)c(N2CCN(C)[C@H](C)C2)n1. The molecule has 178 valence electrons. The lowest BCUT2D eigenvalue weighted by atomic mass is 9.92. The average Bonchev–Trinajstić information content (AvgIpc) is 3.28. The topological polar surface area (TPSA) is 114 Å². The minimum Gasteiger partial charge on any atom is -0.351 e. The molecule has 3 N–H and O–H groups in total. The van der Waals surface area contributed by atoms with Crippen LogP contribution in [0.5, 0.6) is 0 Å². The fraction of sp³-hybridized carbons (Fsp3) is 0.714. The van der Waals surface area contributed by atoms with E-state index in [9.17, 15) is 14.8 Å². The monoisotopic (exact) mass is 451 g/mol. The van der Waals surface area contributed by atoms with Crippen LogP contribution in [0.1, 0.15) is 44.9 Å². The number of hydroxylamine groups is 2. The molecule has 2 atom stereocenters. The highest BCUT2D eigenvalue weighted by atomic mass is 19.1. The first kappa shape index (κ1) is 24.1. The summed E-state index contributed by atoms with van der Waals surface area (Å²) in [7, 11) is 2.03. The largest absolute Gasteiger partial charge is 0.351 e. The van der Waals surface area contributed by atoms with Crippen LogP contribution < -0.4 is 15.8 Å². The standard InChI is InChI=1S/C21H34FN7O3/c1-14-11-28(9-8-27(14)3)20-18(22)19(23-15(2)24-20)25-26-21(31)17(12-29(32)13-30)10-16-6-4-5-7-16/h13-14,16-17,32H,4-12H2,1-3H3,(H,26,31)(H,23,24,25)/t14-,17+/m1/s1. The van der Waals surface area contributed by atoms with E-state index >= 15 is 4.39 Å². The van der Waals surface area contributed by atoms with Crippen molar-refractivity contribution in [3.63, 3.8) is 0 Å². The van der Waals surface area contributed by atoms with Crippen LogP contribution in [0.2, 0.25) is 0 Å². The number of rotatable bonds is 9. The molecule has 11 heteroatoms. The summed E-state index contributed by atoms with van der Waals surface area (Å²) in [6.45, 7) is 5.69. The number of carbonyl (C=O) groups is 2. The maximum Gasteiger partial charge on any atom is 0.243 e. The number of anilines is 2. The number of hydrogen-bond acceptors (Lipinski definition) is 8. The number of piperazine rings is 1. The van der Waals surface area contributed by atoms with Crippen molar-refractivity contribution < 1.29 is 19.2 Å². The highest BCUT2D eigenvalue weighted by Crippen LogP contribution is 2.31. The molecule has 2 heterocycles. The van der Waals surface area contributed by atoms with E-state index < -0.39 is 17.6 Å². The molecule has 2 aliphatic rings. The Balaban J connectivity index is 1.69. The van der Waals surface area contributed by atoms with Crippen LogP contribution >= 0.6 is 0 Å². The van der Waals surface area contributed by atoms with Crippen LogP contribution in [0.15, 0.2) is 0 Å². The third-order valence-corrected chi connectivity index (χ3v) is 6.50. The molecule has 0 spiro atoms. The van der Waals surface area contributed by atoms with Crippen LogP contribution in [0.25, 0.3) is 0 Å². The summed E-state index contributed by atoms with van der Waals surface area (Å²) in [5.74, 6) is -0.823. The van der Waals surface area contributed by atoms with E-state index in [-0.39, 0.29) is 30.6 Å². The van der Waals surface area contributed by atoms with Crippen molar-refractivity contribution in [2.45, 2.75) is 52.0 Å². The summed E-state index contributed by atoms with van der Waals surface area (Å²) >= 11 is 0. The Bertz CT molecular complexity index is 806. The van der Waals surface area contributed by atoms with Crippen LogP contribution in [-0.4, -0.2) is 76.7 Å². The normalized spacial score (nSPS) is 20.8. The van der Waals surface area contributed by atoms with E-state index in [2.05, 4.69) is 32.6 Å². The Kier molecular flexibility index (Phi) is 8.19. The average molecular weight is 452 g/mol. The van der Waals surface area contributed by atoms with Crippen molar-refractivity contribution in [2.24, 2.45) is 11.8 Å². The quantitative estimate of drug-likeness (QED) is 0.294. The molecule has 1 aromatic heterocycles. The van der Waals surface area contributed by atoms with Gasteiger partial charge < -0.3 is 9.80 Å². The Labute approximate surface area is 188 Å². The van der Waals surface area contributed by atoms with Gasteiger partial charge in [-0.25, -0.2) is 15.0 Å². The zero-order valence-corrected chi connectivity index (χ0v) is 19.1. The molecule has 32 heavy (non-hydrogen) atoms. The van der Waals surface area contributed by atoms with Gasteiger partial charge in [0.15, 0.2) is 11.6 Å². The predicted molar refractivity (Wildman–Crippen MR) is 117 cm³/mol. The number of carbonyl (C=O) groups excluding carboxylic acids is 2. The van der Waals surface area contributed by atoms with Gasteiger partial charge in [0.2, 0.25) is 18.1 Å². The highest BCUT2D eigenvalue weighted by Gasteiger charge is 2.28. The van der Waals surface area contributed by atoms with Crippen LogP contribution in [0.3, 0.4) is 0 Å². The van der Waals surface area contributed by atoms with Crippen molar-refractivity contribution in [1.82, 2.24) is 25.4 Å². The summed E-state index contributed by atoms with van der Waals surface area (Å²) in [6.07, 6.45) is 5.11. The molecule has 3 rings (SSSR count). The van der Waals surface area contributed by atoms with Gasteiger partial charge in [-0.15, -0.1) is 0 Å². The minimum atomic E-state index is -0.628. The number of hydrogen-bond donors (Lipinski definition) is 3. The van der Waals surface area contributed by atoms with E-state index in [0.29, 0.717) is 36.3 Å². The lowest BCUT2D eigenvalue weighted by Crippen LogP contribution is -2.50. The molecule has 0 unspecified atom stereocenters. The number of likely N-dealkylation sites (N-methyl/N-ethyl adjacent to an activating group) is 1. The van der Waals surface area contributed by atoms with Gasteiger partial charge in [-0.3, -0.25) is 25.6 Å². The fourth-order valence-electron chi connectivity index (χ4n) is 4.48. The molecule has 1 aliphatic carbocycles. The van der Waals surface area contributed by atoms with Crippen molar-refractivity contribution in [1.29, 1.82) is 0 Å². The number of nitrogens with zero attached hydrogens (tertiary/aromatic N) is 5. The molecule has 1 aliphatic heterocycles. The zero-order valence-electron chi connectivity index (χ0n) is 19.1. The van der Waals surface area contributed by atoms with Gasteiger partial charge in [-0.2, -0.15) is 4.39 Å². The smallest absolute Gasteiger partial charge is 0.243 e. The molecule has 10 nitrogen and oxygen atoms in total. The van der Waals surface area contributed by atoms with Gasteiger partial charge in [-0.05, 0) is 33.2 Å². The van der Waals surface area contributed by atoms with Gasteiger partial charge in [0.1, 0.15) is 5.82 Å². The van der Waals surface area contributed by atoms with E-state index in [1.54, 1.807) is 6.92 Å². The van der Waals surface area contributed by atoms with Crippen molar-refractivity contribution in [3.05, 3.63) is 11.6 Å². The maximum absolute atomic E-state index is 15.2. The Morgan fingerprint density at radius 1 is 1.34 bits per heavy atom. The molecule has 0 bridgehead atoms. The van der Waals surface area contributed by atoms with Crippen molar-refractivity contribution in [2.75, 3.05) is 43.6 Å². The molecule has 1 saturated carbocycles. The molecule has 2 fully saturated rings. The second-order valence-electron chi connectivity index (χ2n) is 8.96. The van der Waals surface area contributed by atoms with Gasteiger partial charge in [0.05, 0.1) is 12.5 Å². The maximum atomic E-state index is 15.2. The first-order valence-electron chi connectivity index (χ1n) is 11.2. The molecule has 0 aromatic carbocycles. The van der Waals surface area contributed by atoms with Crippen molar-refractivity contribution >= 4 is 24.0 Å². The number of hydrazine groups is 1. The van der Waals surface area contributed by atoms with Gasteiger partial charge >= 0.3 is 0 Å². The second-order valence-corrected chi connectivity index (χ2v) is 8.96. The van der Waals surface area contributed by atoms with E-state index in [0.717, 1.165) is 32.2 Å². The van der Waals surface area contributed by atoms with Gasteiger partial charge in [-0.1, -0.05) is 25.7 Å². The number of aromatic nitrogens is 2. The molecule has 2 amide bonds. The lowest BCUT2D eigenvalue weighted by molar-refractivity contribution is -0.154. The fourth-order valence-corrected chi connectivity index (χ4v) is 4.48. The van der Waals surface area contributed by atoms with E-state index in [1.165, 1.54) is 0 Å². The zero-order chi connectivity index (χ0) is 23.3. The van der Waals surface area contributed by atoms with Crippen LogP contribution in [0.4, 0.5) is 16.0 Å². The summed E-state index contributed by atoms with van der Waals surface area (Å²) in [6, 6.07) is 0.255. The highest BCUT2D eigenvalue weighted by molar-refractivity contribution is 5.80. The minimum absolute atomic E-state index is 0.108. The molecule has 1 aromatic rings. The summed E-state index contributed by atoms with van der Waals surface area (Å²) < 4.78 is 15.2. The van der Waals surface area contributed by atoms with Crippen LogP contribution in [0, 0.1) is 24.6 Å².